The van der Waals surface area contributed by atoms with Crippen molar-refractivity contribution >= 4 is 33.9 Å². The van der Waals surface area contributed by atoms with Gasteiger partial charge in [-0.15, -0.1) is 0 Å². The van der Waals surface area contributed by atoms with Crippen molar-refractivity contribution in [3.63, 3.8) is 0 Å². The first-order valence-corrected chi connectivity index (χ1v) is 13.6. The number of benzene rings is 3. The number of pyridine rings is 1. The topological polar surface area (TPSA) is 110 Å². The minimum Gasteiger partial charge on any atom is -0.455 e. The summed E-state index contributed by atoms with van der Waals surface area (Å²) in [6, 6.07) is 15.4. The standard InChI is InChI=1S/C33H24F2N4O4/c1-17-22(19-5-8-26-23(13-19)28(31(41)36-2)29(42-26)18-3-6-21(34)7-4-18)14-20(15-24(17)35)30(40)39-33(10-11-33)32-38-25-16-37-12-9-27(25)43-32/h3-9,12-16H,10-11H2,1-2H3,(H,36,41)(H,39,40). The summed E-state index contributed by atoms with van der Waals surface area (Å²) in [5, 5.41) is 6.12. The molecule has 1 aliphatic carbocycles. The van der Waals surface area contributed by atoms with Crippen LogP contribution < -0.4 is 10.6 Å². The van der Waals surface area contributed by atoms with E-state index < -0.39 is 29.0 Å². The molecule has 0 atom stereocenters. The lowest BCUT2D eigenvalue weighted by molar-refractivity contribution is 0.0921. The molecule has 0 bridgehead atoms. The number of amides is 2. The Balaban J connectivity index is 1.27. The second-order valence-electron chi connectivity index (χ2n) is 10.6. The number of carbonyl (C=O) groups excluding carboxylic acids is 2. The number of fused-ring (bicyclic) bond motifs is 2. The molecule has 8 nitrogen and oxygen atoms in total. The summed E-state index contributed by atoms with van der Waals surface area (Å²) in [4.78, 5) is 35.0. The van der Waals surface area contributed by atoms with E-state index in [9.17, 15) is 14.0 Å². The Morgan fingerprint density at radius 1 is 0.907 bits per heavy atom. The molecule has 1 aliphatic rings. The molecule has 2 N–H and O–H groups in total. The van der Waals surface area contributed by atoms with Gasteiger partial charge in [-0.05, 0) is 85.0 Å². The molecule has 1 saturated carbocycles. The second kappa shape index (κ2) is 9.87. The molecule has 1 fully saturated rings. The summed E-state index contributed by atoms with van der Waals surface area (Å²) in [7, 11) is 1.51. The molecule has 43 heavy (non-hydrogen) atoms. The Morgan fingerprint density at radius 2 is 1.67 bits per heavy atom. The number of halogens is 2. The van der Waals surface area contributed by atoms with E-state index in [1.54, 1.807) is 49.6 Å². The lowest BCUT2D eigenvalue weighted by Crippen LogP contribution is -2.35. The first-order valence-electron chi connectivity index (χ1n) is 13.6. The van der Waals surface area contributed by atoms with Crippen LogP contribution in [0.5, 0.6) is 0 Å². The van der Waals surface area contributed by atoms with Gasteiger partial charge < -0.3 is 19.5 Å². The molecule has 0 aliphatic heterocycles. The van der Waals surface area contributed by atoms with Crippen molar-refractivity contribution in [2.45, 2.75) is 25.3 Å². The fourth-order valence-electron chi connectivity index (χ4n) is 5.32. The van der Waals surface area contributed by atoms with Crippen molar-refractivity contribution in [3.8, 4) is 22.5 Å². The normalized spacial score (nSPS) is 13.8. The maximum absolute atomic E-state index is 15.3. The SMILES string of the molecule is CNC(=O)c1c(-c2ccc(F)cc2)oc2ccc(-c3cc(C(=O)NC4(c5nc6cnccc6o5)CC4)cc(F)c3C)cc12. The fourth-order valence-corrected chi connectivity index (χ4v) is 5.32. The van der Waals surface area contributed by atoms with Gasteiger partial charge >= 0.3 is 0 Å². The molecule has 0 saturated heterocycles. The van der Waals surface area contributed by atoms with Gasteiger partial charge in [0.2, 0.25) is 5.89 Å². The van der Waals surface area contributed by atoms with Crippen molar-refractivity contribution in [3.05, 3.63) is 107 Å². The predicted octanol–water partition coefficient (Wildman–Crippen LogP) is 6.67. The third-order valence-electron chi connectivity index (χ3n) is 7.87. The van der Waals surface area contributed by atoms with Crippen LogP contribution in [0.4, 0.5) is 8.78 Å². The maximum atomic E-state index is 15.3. The van der Waals surface area contributed by atoms with Gasteiger partial charge in [-0.2, -0.15) is 0 Å². The highest BCUT2D eigenvalue weighted by molar-refractivity contribution is 6.12. The molecule has 2 amide bonds. The van der Waals surface area contributed by atoms with Crippen molar-refractivity contribution in [2.75, 3.05) is 7.05 Å². The van der Waals surface area contributed by atoms with E-state index in [0.717, 1.165) is 0 Å². The number of oxazole rings is 1. The number of nitrogens with zero attached hydrogens (tertiary/aromatic N) is 2. The lowest BCUT2D eigenvalue weighted by Gasteiger charge is -2.16. The van der Waals surface area contributed by atoms with E-state index in [2.05, 4.69) is 20.6 Å². The minimum absolute atomic E-state index is 0.132. The summed E-state index contributed by atoms with van der Waals surface area (Å²) in [6.07, 6.45) is 4.47. The molecular weight excluding hydrogens is 554 g/mol. The molecule has 0 unspecified atom stereocenters. The Hall–Kier alpha value is -5.38. The zero-order valence-electron chi connectivity index (χ0n) is 23.1. The smallest absolute Gasteiger partial charge is 0.255 e. The Morgan fingerprint density at radius 3 is 2.40 bits per heavy atom. The van der Waals surface area contributed by atoms with Gasteiger partial charge in [0.1, 0.15) is 34.0 Å². The van der Waals surface area contributed by atoms with Crippen LogP contribution in [0.25, 0.3) is 44.5 Å². The van der Waals surface area contributed by atoms with Crippen LogP contribution in [0.2, 0.25) is 0 Å². The van der Waals surface area contributed by atoms with E-state index in [-0.39, 0.29) is 16.9 Å². The van der Waals surface area contributed by atoms with Crippen LogP contribution in [0.15, 0.2) is 81.9 Å². The van der Waals surface area contributed by atoms with Gasteiger partial charge in [-0.3, -0.25) is 14.6 Å². The zero-order valence-corrected chi connectivity index (χ0v) is 23.1. The minimum atomic E-state index is -0.771. The summed E-state index contributed by atoms with van der Waals surface area (Å²) >= 11 is 0. The van der Waals surface area contributed by atoms with Crippen LogP contribution in [-0.4, -0.2) is 28.8 Å². The highest BCUT2D eigenvalue weighted by Crippen LogP contribution is 2.46. The fraction of sp³-hybridized carbons (Fsp3) is 0.152. The Kier molecular flexibility index (Phi) is 6.08. The Labute approximate surface area is 243 Å². The molecule has 7 rings (SSSR count). The van der Waals surface area contributed by atoms with Crippen molar-refractivity contribution < 1.29 is 27.2 Å². The van der Waals surface area contributed by atoms with Crippen LogP contribution in [-0.2, 0) is 5.54 Å². The summed E-state index contributed by atoms with van der Waals surface area (Å²) < 4.78 is 40.8. The molecule has 3 heterocycles. The Bertz CT molecular complexity index is 2040. The van der Waals surface area contributed by atoms with E-state index >= 15 is 4.39 Å². The number of carbonyl (C=O) groups is 2. The number of hydrogen-bond donors (Lipinski definition) is 2. The highest BCUT2D eigenvalue weighted by Gasteiger charge is 2.50. The van der Waals surface area contributed by atoms with Gasteiger partial charge in [-0.25, -0.2) is 13.8 Å². The molecule has 3 aromatic carbocycles. The molecule has 0 spiro atoms. The molecule has 0 radical (unpaired) electrons. The van der Waals surface area contributed by atoms with Crippen molar-refractivity contribution in [1.29, 1.82) is 0 Å². The van der Waals surface area contributed by atoms with E-state index in [4.69, 9.17) is 8.83 Å². The van der Waals surface area contributed by atoms with Gasteiger partial charge in [0.25, 0.3) is 11.8 Å². The summed E-state index contributed by atoms with van der Waals surface area (Å²) in [5.74, 6) is -1.15. The van der Waals surface area contributed by atoms with E-state index in [0.29, 0.717) is 63.1 Å². The number of rotatable bonds is 6. The van der Waals surface area contributed by atoms with Gasteiger partial charge in [0.05, 0.1) is 11.8 Å². The number of furan rings is 1. The maximum Gasteiger partial charge on any atom is 0.255 e. The summed E-state index contributed by atoms with van der Waals surface area (Å²) in [5.41, 5.74) is 3.16. The highest BCUT2D eigenvalue weighted by atomic mass is 19.1. The van der Waals surface area contributed by atoms with E-state index in [1.165, 1.54) is 37.4 Å². The largest absolute Gasteiger partial charge is 0.455 e. The van der Waals surface area contributed by atoms with E-state index in [1.807, 2.05) is 0 Å². The number of aromatic nitrogens is 2. The third kappa shape index (κ3) is 4.51. The van der Waals surface area contributed by atoms with Crippen LogP contribution in [0.1, 0.15) is 45.0 Å². The van der Waals surface area contributed by atoms with Crippen LogP contribution >= 0.6 is 0 Å². The second-order valence-corrected chi connectivity index (χ2v) is 10.6. The summed E-state index contributed by atoms with van der Waals surface area (Å²) in [6.45, 7) is 1.63. The number of hydrogen-bond acceptors (Lipinski definition) is 6. The monoisotopic (exact) mass is 578 g/mol. The molecule has 6 aromatic rings. The van der Waals surface area contributed by atoms with Crippen molar-refractivity contribution in [2.24, 2.45) is 0 Å². The third-order valence-corrected chi connectivity index (χ3v) is 7.87. The van der Waals surface area contributed by atoms with Gasteiger partial charge in [-0.1, -0.05) is 6.07 Å². The van der Waals surface area contributed by atoms with Gasteiger partial charge in [0.15, 0.2) is 5.58 Å². The van der Waals surface area contributed by atoms with Crippen LogP contribution in [0.3, 0.4) is 0 Å². The zero-order chi connectivity index (χ0) is 29.9. The van der Waals surface area contributed by atoms with Crippen molar-refractivity contribution in [1.82, 2.24) is 20.6 Å². The molecule has 10 heteroatoms. The van der Waals surface area contributed by atoms with Crippen LogP contribution in [0, 0.1) is 18.6 Å². The quantitative estimate of drug-likeness (QED) is 0.229. The number of nitrogens with one attached hydrogen (secondary N) is 2. The molecule has 3 aromatic heterocycles. The lowest BCUT2D eigenvalue weighted by atomic mass is 9.95. The first kappa shape index (κ1) is 26.5. The first-order chi connectivity index (χ1) is 20.8. The van der Waals surface area contributed by atoms with Gasteiger partial charge in [0, 0.05) is 35.8 Å². The molecular formula is C33H24F2N4O4. The average Bonchev–Trinajstić information content (AvgIpc) is 3.49. The average molecular weight is 579 g/mol. The molecule has 214 valence electrons. The predicted molar refractivity (Wildman–Crippen MR) is 155 cm³/mol.